The smallest absolute Gasteiger partial charge is 0.160 e. The summed E-state index contributed by atoms with van der Waals surface area (Å²) in [4.78, 5) is 2.51. The third-order valence-corrected chi connectivity index (χ3v) is 5.90. The zero-order chi connectivity index (χ0) is 18.4. The van der Waals surface area contributed by atoms with Gasteiger partial charge in [0.2, 0.25) is 0 Å². The van der Waals surface area contributed by atoms with E-state index in [0.29, 0.717) is 18.7 Å². The lowest BCUT2D eigenvalue weighted by Crippen LogP contribution is -2.49. The number of benzene rings is 1. The molecule has 2 aliphatic rings. The monoisotopic (exact) mass is 363 g/mol. The topological polar surface area (TPSA) is 51.2 Å². The van der Waals surface area contributed by atoms with Crippen molar-refractivity contribution >= 4 is 0 Å². The number of ether oxygens (including phenoxy) is 3. The number of methoxy groups -OCH3 is 2. The first kappa shape index (κ1) is 19.5. The van der Waals surface area contributed by atoms with E-state index < -0.39 is 0 Å². The molecule has 1 saturated carbocycles. The van der Waals surface area contributed by atoms with Crippen LogP contribution in [0.1, 0.15) is 44.1 Å². The molecule has 26 heavy (non-hydrogen) atoms. The molecule has 0 aromatic heterocycles. The van der Waals surface area contributed by atoms with Gasteiger partial charge in [-0.25, -0.2) is 0 Å². The molecule has 0 spiro atoms. The minimum Gasteiger partial charge on any atom is -0.493 e. The van der Waals surface area contributed by atoms with Gasteiger partial charge in [-0.3, -0.25) is 4.90 Å². The van der Waals surface area contributed by atoms with Crippen molar-refractivity contribution in [2.75, 3.05) is 34.0 Å². The molecule has 1 heterocycles. The molecule has 2 unspecified atom stereocenters. The normalized spacial score (nSPS) is 26.8. The van der Waals surface area contributed by atoms with Gasteiger partial charge in [0, 0.05) is 12.1 Å². The van der Waals surface area contributed by atoms with Gasteiger partial charge in [-0.15, -0.1) is 0 Å². The van der Waals surface area contributed by atoms with Gasteiger partial charge in [0.1, 0.15) is 0 Å². The molecule has 1 saturated heterocycles. The first-order valence-corrected chi connectivity index (χ1v) is 9.96. The molecule has 0 bridgehead atoms. The summed E-state index contributed by atoms with van der Waals surface area (Å²) in [5.41, 5.74) is 1.20. The molecule has 5 heteroatoms. The second kappa shape index (κ2) is 9.58. The molecule has 2 fully saturated rings. The fourth-order valence-corrected chi connectivity index (χ4v) is 4.51. The number of hydrogen-bond acceptors (Lipinski definition) is 5. The first-order chi connectivity index (χ1) is 12.8. The van der Waals surface area contributed by atoms with E-state index in [0.717, 1.165) is 37.3 Å². The Hall–Kier alpha value is -1.30. The number of rotatable bonds is 8. The predicted octanol–water partition coefficient (Wildman–Crippen LogP) is 3.03. The number of aliphatic hydroxyl groups is 1. The maximum absolute atomic E-state index is 9.67. The van der Waals surface area contributed by atoms with Crippen molar-refractivity contribution in [3.05, 3.63) is 23.8 Å². The standard InChI is InChI=1S/C21H33NO4/c1-24-20-10-9-16(14-21(20)25-2)11-13-26-19-8-4-3-7-18(19)22-12-5-6-17(22)15-23/h9-10,14,17-19,23H,3-8,11-13,15H2,1-2H3/t17-,18?,19?/m1/s1. The van der Waals surface area contributed by atoms with Crippen LogP contribution in [0.5, 0.6) is 11.5 Å². The SMILES string of the molecule is COc1ccc(CCOC2CCCCC2N2CCC[C@@H]2CO)cc1OC. The zero-order valence-electron chi connectivity index (χ0n) is 16.2. The Labute approximate surface area is 157 Å². The Morgan fingerprint density at radius 2 is 1.85 bits per heavy atom. The van der Waals surface area contributed by atoms with Crippen LogP contribution < -0.4 is 9.47 Å². The van der Waals surface area contributed by atoms with Crippen molar-refractivity contribution in [2.24, 2.45) is 0 Å². The molecule has 1 aliphatic carbocycles. The van der Waals surface area contributed by atoms with Gasteiger partial charge >= 0.3 is 0 Å². The van der Waals surface area contributed by atoms with Crippen LogP contribution in [0.4, 0.5) is 0 Å². The summed E-state index contributed by atoms with van der Waals surface area (Å²) >= 11 is 0. The molecule has 0 amide bonds. The van der Waals surface area contributed by atoms with Gasteiger partial charge in [0.15, 0.2) is 11.5 Å². The predicted molar refractivity (Wildman–Crippen MR) is 102 cm³/mol. The average Bonchev–Trinajstić information content (AvgIpc) is 3.16. The minimum absolute atomic E-state index is 0.273. The highest BCUT2D eigenvalue weighted by Gasteiger charge is 2.36. The molecular formula is C21H33NO4. The second-order valence-corrected chi connectivity index (χ2v) is 7.42. The Balaban J connectivity index is 1.55. The highest BCUT2D eigenvalue weighted by molar-refractivity contribution is 5.42. The first-order valence-electron chi connectivity index (χ1n) is 9.96. The maximum atomic E-state index is 9.67. The van der Waals surface area contributed by atoms with Crippen molar-refractivity contribution in [1.29, 1.82) is 0 Å². The summed E-state index contributed by atoms with van der Waals surface area (Å²) in [6, 6.07) is 6.85. The molecule has 0 radical (unpaired) electrons. The van der Waals surface area contributed by atoms with Crippen LogP contribution in [0.25, 0.3) is 0 Å². The van der Waals surface area contributed by atoms with E-state index in [1.165, 1.54) is 31.2 Å². The molecule has 1 N–H and O–H groups in total. The van der Waals surface area contributed by atoms with E-state index in [1.807, 2.05) is 12.1 Å². The van der Waals surface area contributed by atoms with E-state index in [1.54, 1.807) is 14.2 Å². The van der Waals surface area contributed by atoms with Crippen LogP contribution in [0.2, 0.25) is 0 Å². The fraction of sp³-hybridized carbons (Fsp3) is 0.714. The lowest BCUT2D eigenvalue weighted by molar-refractivity contribution is -0.0442. The second-order valence-electron chi connectivity index (χ2n) is 7.42. The Kier molecular flexibility index (Phi) is 7.17. The molecular weight excluding hydrogens is 330 g/mol. The maximum Gasteiger partial charge on any atom is 0.160 e. The molecule has 1 aromatic rings. The van der Waals surface area contributed by atoms with Crippen molar-refractivity contribution < 1.29 is 19.3 Å². The third-order valence-electron chi connectivity index (χ3n) is 5.90. The molecule has 1 aliphatic heterocycles. The highest BCUT2D eigenvalue weighted by Crippen LogP contribution is 2.31. The summed E-state index contributed by atoms with van der Waals surface area (Å²) in [6.45, 7) is 2.09. The summed E-state index contributed by atoms with van der Waals surface area (Å²) in [6.07, 6.45) is 8.31. The number of likely N-dealkylation sites (tertiary alicyclic amines) is 1. The highest BCUT2D eigenvalue weighted by atomic mass is 16.5. The van der Waals surface area contributed by atoms with Crippen LogP contribution in [0, 0.1) is 0 Å². The van der Waals surface area contributed by atoms with E-state index >= 15 is 0 Å². The van der Waals surface area contributed by atoms with Crippen molar-refractivity contribution in [2.45, 2.75) is 63.1 Å². The largest absolute Gasteiger partial charge is 0.493 e. The van der Waals surface area contributed by atoms with Crippen LogP contribution in [-0.4, -0.2) is 62.2 Å². The van der Waals surface area contributed by atoms with Crippen LogP contribution in [-0.2, 0) is 11.2 Å². The van der Waals surface area contributed by atoms with Crippen LogP contribution >= 0.6 is 0 Å². The van der Waals surface area contributed by atoms with Gasteiger partial charge in [-0.1, -0.05) is 18.9 Å². The van der Waals surface area contributed by atoms with Crippen LogP contribution in [0.3, 0.4) is 0 Å². The fourth-order valence-electron chi connectivity index (χ4n) is 4.51. The third kappa shape index (κ3) is 4.51. The zero-order valence-corrected chi connectivity index (χ0v) is 16.2. The number of hydrogen-bond donors (Lipinski definition) is 1. The van der Waals surface area contributed by atoms with Gasteiger partial charge in [0.25, 0.3) is 0 Å². The summed E-state index contributed by atoms with van der Waals surface area (Å²) < 4.78 is 17.0. The molecule has 146 valence electrons. The minimum atomic E-state index is 0.273. The summed E-state index contributed by atoms with van der Waals surface area (Å²) in [5, 5.41) is 9.67. The molecule has 1 aromatic carbocycles. The van der Waals surface area contributed by atoms with E-state index in [-0.39, 0.29) is 12.7 Å². The quantitative estimate of drug-likeness (QED) is 0.769. The van der Waals surface area contributed by atoms with Gasteiger partial charge in [-0.05, 0) is 56.3 Å². The summed E-state index contributed by atoms with van der Waals surface area (Å²) in [7, 11) is 3.32. The molecule has 3 rings (SSSR count). The molecule has 5 nitrogen and oxygen atoms in total. The van der Waals surface area contributed by atoms with E-state index in [2.05, 4.69) is 11.0 Å². The van der Waals surface area contributed by atoms with Crippen LogP contribution in [0.15, 0.2) is 18.2 Å². The Morgan fingerprint density at radius 1 is 1.04 bits per heavy atom. The van der Waals surface area contributed by atoms with Crippen molar-refractivity contribution in [3.8, 4) is 11.5 Å². The van der Waals surface area contributed by atoms with Crippen molar-refractivity contribution in [3.63, 3.8) is 0 Å². The van der Waals surface area contributed by atoms with E-state index in [4.69, 9.17) is 14.2 Å². The average molecular weight is 363 g/mol. The van der Waals surface area contributed by atoms with Gasteiger partial charge in [-0.2, -0.15) is 0 Å². The van der Waals surface area contributed by atoms with Gasteiger partial charge in [0.05, 0.1) is 33.5 Å². The van der Waals surface area contributed by atoms with Crippen molar-refractivity contribution in [1.82, 2.24) is 4.90 Å². The summed E-state index contributed by atoms with van der Waals surface area (Å²) in [5.74, 6) is 1.52. The van der Waals surface area contributed by atoms with E-state index in [9.17, 15) is 5.11 Å². The Morgan fingerprint density at radius 3 is 2.62 bits per heavy atom. The number of aliphatic hydroxyl groups excluding tert-OH is 1. The number of nitrogens with zero attached hydrogens (tertiary/aromatic N) is 1. The lowest BCUT2D eigenvalue weighted by atomic mass is 9.90. The Bertz CT molecular complexity index is 565. The molecule has 3 atom stereocenters. The van der Waals surface area contributed by atoms with Gasteiger partial charge < -0.3 is 19.3 Å². The lowest BCUT2D eigenvalue weighted by Gasteiger charge is -2.40.